The maximum Gasteiger partial charge on any atom is 1.00 e. The van der Waals surface area contributed by atoms with Crippen LogP contribution in [0.1, 0.15) is 44.2 Å². The number of hydrogen-bond acceptors (Lipinski definition) is 27. The summed E-state index contributed by atoms with van der Waals surface area (Å²) in [6.07, 6.45) is 5.67. The minimum Gasteiger partial charge on any atom is -0.716 e. The molecular formula is C40H32N5Na5O24S5. The Kier molecular flexibility index (Phi) is 28.1. The van der Waals surface area contributed by atoms with Gasteiger partial charge in [-0.2, -0.15) is 0 Å². The smallest absolute Gasteiger partial charge is 0.716 e. The molecule has 7 aromatic rings. The number of fused-ring (bicyclic) bond motifs is 2. The first-order valence-electron chi connectivity index (χ1n) is 20.8. The van der Waals surface area contributed by atoms with E-state index >= 15 is 0 Å². The summed E-state index contributed by atoms with van der Waals surface area (Å²) in [5, 5.41) is 7.62. The van der Waals surface area contributed by atoms with Gasteiger partial charge in [0.05, 0.1) is 17.1 Å². The van der Waals surface area contributed by atoms with E-state index in [4.69, 9.17) is 9.15 Å². The predicted octanol–water partition coefficient (Wildman–Crippen LogP) is -12.7. The Labute approximate surface area is 560 Å². The van der Waals surface area contributed by atoms with Crippen molar-refractivity contribution in [3.63, 3.8) is 0 Å². The molecule has 0 amide bonds. The van der Waals surface area contributed by atoms with Crippen LogP contribution in [0, 0.1) is 0 Å². The molecule has 0 atom stereocenters. The molecule has 0 saturated carbocycles. The molecule has 0 aliphatic heterocycles. The molecule has 4 aromatic carbocycles. The van der Waals surface area contributed by atoms with Gasteiger partial charge in [0.15, 0.2) is 17.3 Å². The van der Waals surface area contributed by atoms with Gasteiger partial charge in [-0.1, -0.05) is 43.0 Å². The van der Waals surface area contributed by atoms with Gasteiger partial charge in [0.25, 0.3) is 57.6 Å². The molecule has 0 N–H and O–H groups in total. The van der Waals surface area contributed by atoms with Crippen LogP contribution in [-0.4, -0.2) is 89.4 Å². The molecule has 0 spiro atoms. The van der Waals surface area contributed by atoms with Crippen LogP contribution in [0.3, 0.4) is 0 Å². The van der Waals surface area contributed by atoms with E-state index in [-0.39, 0.29) is 165 Å². The minimum absolute atomic E-state index is 0. The number of nitrogens with zero attached hydrogens (tertiary/aromatic N) is 5. The summed E-state index contributed by atoms with van der Waals surface area (Å²) in [6, 6.07) is 15.1. The van der Waals surface area contributed by atoms with Crippen LogP contribution in [0.5, 0.6) is 34.5 Å². The van der Waals surface area contributed by atoms with Gasteiger partial charge in [-0.25, -0.2) is 47.1 Å². The third kappa shape index (κ3) is 21.7. The number of ether oxygens (including phenoxy) is 1. The van der Waals surface area contributed by atoms with Crippen LogP contribution in [-0.2, 0) is 71.7 Å². The Morgan fingerprint density at radius 1 is 0.544 bits per heavy atom. The molecule has 29 nitrogen and oxygen atoms in total. The molecule has 0 unspecified atom stereocenters. The van der Waals surface area contributed by atoms with Crippen molar-refractivity contribution in [1.29, 1.82) is 0 Å². The second-order valence-corrected chi connectivity index (χ2v) is 20.2. The summed E-state index contributed by atoms with van der Waals surface area (Å²) in [6.45, 7) is 0.106. The molecule has 39 heteroatoms. The molecular weight excluding hydrogens is 1210 g/mol. The Balaban J connectivity index is 0.00000427. The number of unbranched alkanes of at least 4 members (excludes halogenated alkanes) is 5. The fourth-order valence-corrected chi connectivity index (χ4v) is 8.93. The molecule has 0 bridgehead atoms. The predicted molar refractivity (Wildman–Crippen MR) is 243 cm³/mol. The van der Waals surface area contributed by atoms with Gasteiger partial charge in [0.2, 0.25) is 11.2 Å². The number of rotatable bonds is 24. The van der Waals surface area contributed by atoms with Crippen LogP contribution < -0.4 is 184 Å². The van der Waals surface area contributed by atoms with E-state index in [0.717, 1.165) is 25.7 Å². The Morgan fingerprint density at radius 2 is 1.09 bits per heavy atom. The summed E-state index contributed by atoms with van der Waals surface area (Å²) in [5.41, 5.74) is -2.33. The number of para-hydroxylation sites is 1. The molecule has 7 rings (SSSR count). The van der Waals surface area contributed by atoms with Crippen molar-refractivity contribution >= 4 is 73.9 Å². The maximum atomic E-state index is 14.0. The van der Waals surface area contributed by atoms with E-state index in [1.54, 1.807) is 24.3 Å². The first-order valence-corrected chi connectivity index (χ1v) is 27.4. The first kappa shape index (κ1) is 72.8. The fraction of sp³-hybridized carbons (Fsp3) is 0.225. The van der Waals surface area contributed by atoms with Crippen molar-refractivity contribution in [2.45, 2.75) is 58.2 Å². The summed E-state index contributed by atoms with van der Waals surface area (Å²) in [7, 11) is -27.9. The van der Waals surface area contributed by atoms with Crippen molar-refractivity contribution in [1.82, 2.24) is 24.5 Å². The number of aromatic nitrogens is 5. The molecule has 3 heterocycles. The topological polar surface area (TPSA) is 437 Å². The van der Waals surface area contributed by atoms with Gasteiger partial charge in [-0.15, -0.1) is 5.10 Å². The van der Waals surface area contributed by atoms with Crippen LogP contribution in [0.15, 0.2) is 99.1 Å². The van der Waals surface area contributed by atoms with Gasteiger partial charge >= 0.3 is 148 Å². The number of hydrogen-bond donors (Lipinski definition) is 0. The molecule has 0 aliphatic carbocycles. The van der Waals surface area contributed by atoms with E-state index in [2.05, 4.69) is 36.2 Å². The molecule has 0 radical (unpaired) electrons. The van der Waals surface area contributed by atoms with E-state index < -0.39 is 115 Å². The van der Waals surface area contributed by atoms with Crippen molar-refractivity contribution in [3.05, 3.63) is 111 Å². The van der Waals surface area contributed by atoms with Crippen molar-refractivity contribution in [2.24, 2.45) is 0 Å². The van der Waals surface area contributed by atoms with E-state index in [1.807, 2.05) is 0 Å². The Morgan fingerprint density at radius 3 is 1.70 bits per heavy atom. The number of aryl methyl sites for hydroxylation is 1. The normalized spacial score (nSPS) is 11.7. The third-order valence-corrected chi connectivity index (χ3v) is 11.9. The molecule has 3 aromatic heterocycles. The largest absolute Gasteiger partial charge is 1.00 e. The summed E-state index contributed by atoms with van der Waals surface area (Å²) in [5.74, 6) is -6.58. The maximum absolute atomic E-state index is 14.0. The molecule has 0 aliphatic rings. The van der Waals surface area contributed by atoms with Crippen LogP contribution >= 0.6 is 0 Å². The van der Waals surface area contributed by atoms with E-state index in [9.17, 15) is 74.4 Å². The average Bonchev–Trinajstić information content (AvgIpc) is 3.74. The van der Waals surface area contributed by atoms with Gasteiger partial charge in [0.1, 0.15) is 46.3 Å². The molecule has 0 saturated heterocycles. The zero-order valence-corrected chi connectivity index (χ0v) is 56.1. The Hall–Kier alpha value is -2.28. The average molecular weight is 1240 g/mol. The van der Waals surface area contributed by atoms with Crippen molar-refractivity contribution < 1.29 is 243 Å². The zero-order valence-electron chi connectivity index (χ0n) is 42.0. The first-order chi connectivity index (χ1) is 34.6. The minimum atomic E-state index is -5.89. The van der Waals surface area contributed by atoms with Gasteiger partial charge in [0, 0.05) is 36.3 Å². The van der Waals surface area contributed by atoms with Gasteiger partial charge in [-0.3, -0.25) is 18.8 Å². The Bertz CT molecular complexity index is 4000. The third-order valence-electron chi connectivity index (χ3n) is 10.0. The van der Waals surface area contributed by atoms with Crippen LogP contribution in [0.25, 0.3) is 44.6 Å². The standard InChI is InChI=1S/C40H37N5O24S5.5Na/c46-36-35-33(20-28(66-71(51,52)53)21-34(35)64-37(38(36)69-74(60,61)62)25-13-16-31(67-72(54,55)56)32(19-25)68-73(57,58)59)63-23-26-22-44(43-42-26)17-7-3-1-2-4-8-18-45-39(41-30-10-6-5-9-29(30)40(45)47)24-11-14-27(15-12-24)65-70(48,49)50;;;;;/h5-6,9-16,19-22H,1-4,7-8,17-18,23H2,(H,48,49,50)(H,51,52,53)(H,54,55,56)(H,57,58,59)(H,60,61,62);;;;;/q;5*+1/p-5. The fourth-order valence-electron chi connectivity index (χ4n) is 7.18. The summed E-state index contributed by atoms with van der Waals surface area (Å²) in [4.78, 5) is 32.2. The second-order valence-electron chi connectivity index (χ2n) is 15.3. The summed E-state index contributed by atoms with van der Waals surface area (Å²) >= 11 is 0. The van der Waals surface area contributed by atoms with Crippen molar-refractivity contribution in [2.75, 3.05) is 0 Å². The molecule has 0 fully saturated rings. The zero-order chi connectivity index (χ0) is 53.8. The molecule has 79 heavy (non-hydrogen) atoms. The quantitative estimate of drug-likeness (QED) is 0.0235. The monoisotopic (exact) mass is 1240 g/mol. The van der Waals surface area contributed by atoms with E-state index in [1.165, 1.54) is 39.7 Å². The van der Waals surface area contributed by atoms with Gasteiger partial charge in [-0.05, 0) is 67.4 Å². The SMILES string of the molecule is O=c1c(OS(=O)(=O)[O-])c(-c2ccc(OS(=O)(=O)[O-])c(OS(=O)(=O)[O-])c2)oc2cc(OS(=O)(=O)[O-])cc(OCc3cn(CCCCCCCCn4c(-c5ccc(OS(=O)(=O)[O-])cc5)nc5ccccc5c4=O)nn3)c12.[Na+].[Na+].[Na+].[Na+].[Na+]. The van der Waals surface area contributed by atoms with E-state index in [0.29, 0.717) is 78.6 Å². The molecule has 396 valence electrons. The van der Waals surface area contributed by atoms with Crippen molar-refractivity contribution in [3.8, 4) is 57.2 Å². The number of benzene rings is 4. The van der Waals surface area contributed by atoms with Crippen LogP contribution in [0.2, 0.25) is 0 Å². The summed E-state index contributed by atoms with van der Waals surface area (Å²) < 4.78 is 207. The van der Waals surface area contributed by atoms with Gasteiger partial charge < -0.3 is 52.8 Å². The second kappa shape index (κ2) is 30.5. The van der Waals surface area contributed by atoms with Crippen LogP contribution in [0.4, 0.5) is 0 Å².